The minimum Gasteiger partial charge on any atom is -0.394 e. The zero-order valence-corrected chi connectivity index (χ0v) is 8.90. The van der Waals surface area contributed by atoms with Gasteiger partial charge < -0.3 is 25.0 Å². The highest BCUT2D eigenvalue weighted by molar-refractivity contribution is 4.58. The van der Waals surface area contributed by atoms with Crippen LogP contribution in [-0.2, 0) is 9.47 Å². The predicted octanol–water partition coefficient (Wildman–Crippen LogP) is -0.672. The van der Waals surface area contributed by atoms with Crippen LogP contribution >= 0.6 is 0 Å². The second-order valence-electron chi connectivity index (χ2n) is 2.83. The molecule has 0 saturated carbocycles. The maximum Gasteiger partial charge on any atom is 0.169 e. The first-order chi connectivity index (χ1) is 6.74. The maximum atomic E-state index is 9.04. The van der Waals surface area contributed by atoms with E-state index in [0.29, 0.717) is 26.3 Å². The number of hydrogen-bond donors (Lipinski definition) is 3. The van der Waals surface area contributed by atoms with E-state index in [9.17, 15) is 0 Å². The van der Waals surface area contributed by atoms with Gasteiger partial charge in [-0.1, -0.05) is 0 Å². The van der Waals surface area contributed by atoms with E-state index in [1.807, 2.05) is 13.8 Å². The van der Waals surface area contributed by atoms with Crippen molar-refractivity contribution in [2.75, 3.05) is 32.9 Å². The smallest absolute Gasteiger partial charge is 0.169 e. The SMILES string of the molecule is CCOC(CNCC(O)CO)OCC. The van der Waals surface area contributed by atoms with Crippen LogP contribution in [0.2, 0.25) is 0 Å². The molecule has 3 N–H and O–H groups in total. The van der Waals surface area contributed by atoms with Crippen molar-refractivity contribution in [2.24, 2.45) is 0 Å². The van der Waals surface area contributed by atoms with Crippen molar-refractivity contribution in [1.29, 1.82) is 0 Å². The lowest BCUT2D eigenvalue weighted by molar-refractivity contribution is -0.133. The number of hydrogen-bond acceptors (Lipinski definition) is 5. The first kappa shape index (κ1) is 13.8. The highest BCUT2D eigenvalue weighted by atomic mass is 16.7. The Bertz CT molecular complexity index is 117. The van der Waals surface area contributed by atoms with Crippen LogP contribution in [0.25, 0.3) is 0 Å². The summed E-state index contributed by atoms with van der Waals surface area (Å²) >= 11 is 0. The standard InChI is InChI=1S/C9H21NO4/c1-3-13-9(14-4-2)6-10-5-8(12)7-11/h8-12H,3-7H2,1-2H3. The molecule has 0 rings (SSSR count). The molecule has 0 aliphatic rings. The zero-order chi connectivity index (χ0) is 10.8. The van der Waals surface area contributed by atoms with Crippen molar-refractivity contribution >= 4 is 0 Å². The monoisotopic (exact) mass is 207 g/mol. The van der Waals surface area contributed by atoms with Crippen LogP contribution in [0.15, 0.2) is 0 Å². The van der Waals surface area contributed by atoms with Crippen LogP contribution in [0.3, 0.4) is 0 Å². The summed E-state index contributed by atoms with van der Waals surface area (Å²) in [6.45, 7) is 5.60. The molecule has 1 atom stereocenters. The molecular weight excluding hydrogens is 186 g/mol. The third kappa shape index (κ3) is 7.23. The molecule has 0 aliphatic carbocycles. The number of aliphatic hydroxyl groups excluding tert-OH is 2. The molecule has 5 nitrogen and oxygen atoms in total. The van der Waals surface area contributed by atoms with Crippen molar-refractivity contribution in [2.45, 2.75) is 26.2 Å². The maximum absolute atomic E-state index is 9.04. The summed E-state index contributed by atoms with van der Waals surface area (Å²) < 4.78 is 10.5. The fraction of sp³-hybridized carbons (Fsp3) is 1.00. The van der Waals surface area contributed by atoms with Crippen LogP contribution < -0.4 is 5.32 Å². The number of rotatable bonds is 9. The molecule has 0 heterocycles. The van der Waals surface area contributed by atoms with Crippen molar-refractivity contribution in [3.05, 3.63) is 0 Å². The summed E-state index contributed by atoms with van der Waals surface area (Å²) in [4.78, 5) is 0. The van der Waals surface area contributed by atoms with Gasteiger partial charge in [0.05, 0.1) is 12.7 Å². The molecule has 0 aromatic carbocycles. The largest absolute Gasteiger partial charge is 0.394 e. The quantitative estimate of drug-likeness (QED) is 0.437. The fourth-order valence-corrected chi connectivity index (χ4v) is 0.970. The summed E-state index contributed by atoms with van der Waals surface area (Å²) in [6.07, 6.45) is -1.00. The Morgan fingerprint density at radius 3 is 2.14 bits per heavy atom. The van der Waals surface area contributed by atoms with Crippen molar-refractivity contribution in [1.82, 2.24) is 5.32 Å². The van der Waals surface area contributed by atoms with E-state index in [2.05, 4.69) is 5.32 Å². The Labute approximate surface area is 85.0 Å². The van der Waals surface area contributed by atoms with Crippen LogP contribution in [0, 0.1) is 0 Å². The number of nitrogens with one attached hydrogen (secondary N) is 1. The molecule has 0 aromatic rings. The van der Waals surface area contributed by atoms with Crippen molar-refractivity contribution < 1.29 is 19.7 Å². The predicted molar refractivity (Wildman–Crippen MR) is 53.0 cm³/mol. The molecule has 0 aliphatic heterocycles. The van der Waals surface area contributed by atoms with Gasteiger partial charge in [0, 0.05) is 26.3 Å². The van der Waals surface area contributed by atoms with E-state index >= 15 is 0 Å². The van der Waals surface area contributed by atoms with Crippen LogP contribution in [0.4, 0.5) is 0 Å². The molecule has 0 radical (unpaired) electrons. The van der Waals surface area contributed by atoms with E-state index in [1.54, 1.807) is 0 Å². The number of ether oxygens (including phenoxy) is 2. The summed E-state index contributed by atoms with van der Waals surface area (Å²) in [5.74, 6) is 0. The second-order valence-corrected chi connectivity index (χ2v) is 2.83. The van der Waals surface area contributed by atoms with Gasteiger partial charge in [-0.25, -0.2) is 0 Å². The van der Waals surface area contributed by atoms with E-state index in [1.165, 1.54) is 0 Å². The molecule has 0 amide bonds. The highest BCUT2D eigenvalue weighted by Gasteiger charge is 2.08. The van der Waals surface area contributed by atoms with Gasteiger partial charge in [0.1, 0.15) is 0 Å². The molecule has 5 heteroatoms. The number of aliphatic hydroxyl groups is 2. The highest BCUT2D eigenvalue weighted by Crippen LogP contribution is 1.93. The van der Waals surface area contributed by atoms with Gasteiger partial charge >= 0.3 is 0 Å². The lowest BCUT2D eigenvalue weighted by atomic mass is 10.4. The van der Waals surface area contributed by atoms with Gasteiger partial charge in [-0.2, -0.15) is 0 Å². The topological polar surface area (TPSA) is 71.0 Å². The lowest BCUT2D eigenvalue weighted by Gasteiger charge is -2.18. The van der Waals surface area contributed by atoms with Crippen LogP contribution in [0.5, 0.6) is 0 Å². The molecule has 14 heavy (non-hydrogen) atoms. The Kier molecular flexibility index (Phi) is 9.23. The van der Waals surface area contributed by atoms with E-state index < -0.39 is 6.10 Å². The van der Waals surface area contributed by atoms with Crippen molar-refractivity contribution in [3.8, 4) is 0 Å². The molecule has 1 unspecified atom stereocenters. The van der Waals surface area contributed by atoms with Gasteiger partial charge in [0.25, 0.3) is 0 Å². The first-order valence-electron chi connectivity index (χ1n) is 4.97. The normalized spacial score (nSPS) is 13.5. The summed E-state index contributed by atoms with van der Waals surface area (Å²) in [7, 11) is 0. The second kappa shape index (κ2) is 9.36. The Morgan fingerprint density at radius 1 is 1.14 bits per heavy atom. The van der Waals surface area contributed by atoms with Gasteiger partial charge in [-0.15, -0.1) is 0 Å². The molecule has 86 valence electrons. The Hall–Kier alpha value is -0.200. The summed E-state index contributed by atoms with van der Waals surface area (Å²) in [6, 6.07) is 0. The molecular formula is C9H21NO4. The summed E-state index contributed by atoms with van der Waals surface area (Å²) in [5, 5.41) is 20.5. The molecule has 0 aromatic heterocycles. The Morgan fingerprint density at radius 2 is 1.71 bits per heavy atom. The van der Waals surface area contributed by atoms with Gasteiger partial charge in [-0.3, -0.25) is 0 Å². The average molecular weight is 207 g/mol. The lowest BCUT2D eigenvalue weighted by Crippen LogP contribution is -2.37. The zero-order valence-electron chi connectivity index (χ0n) is 8.90. The molecule has 0 bridgehead atoms. The first-order valence-corrected chi connectivity index (χ1v) is 4.97. The summed E-state index contributed by atoms with van der Waals surface area (Å²) in [5.41, 5.74) is 0. The van der Waals surface area contributed by atoms with E-state index in [0.717, 1.165) is 0 Å². The molecule has 0 saturated heterocycles. The molecule has 0 fully saturated rings. The van der Waals surface area contributed by atoms with Gasteiger partial charge in [-0.05, 0) is 13.8 Å². The fourth-order valence-electron chi connectivity index (χ4n) is 0.970. The van der Waals surface area contributed by atoms with E-state index in [-0.39, 0.29) is 12.9 Å². The van der Waals surface area contributed by atoms with Crippen molar-refractivity contribution in [3.63, 3.8) is 0 Å². The Balaban J connectivity index is 3.49. The van der Waals surface area contributed by atoms with Crippen LogP contribution in [-0.4, -0.2) is 55.5 Å². The third-order valence-electron chi connectivity index (χ3n) is 1.61. The third-order valence-corrected chi connectivity index (χ3v) is 1.61. The van der Waals surface area contributed by atoms with Crippen LogP contribution in [0.1, 0.15) is 13.8 Å². The average Bonchev–Trinajstić information content (AvgIpc) is 2.18. The van der Waals surface area contributed by atoms with Gasteiger partial charge in [0.2, 0.25) is 0 Å². The minimum atomic E-state index is -0.723. The van der Waals surface area contributed by atoms with Gasteiger partial charge in [0.15, 0.2) is 6.29 Å². The molecule has 0 spiro atoms. The van der Waals surface area contributed by atoms with E-state index in [4.69, 9.17) is 19.7 Å². The minimum absolute atomic E-state index is 0.235.